The van der Waals surface area contributed by atoms with Crippen molar-refractivity contribution in [3.05, 3.63) is 46.6 Å². The lowest BCUT2D eigenvalue weighted by molar-refractivity contribution is 0.414. The SMILES string of the molecule is COc1ccc(-n2cc[nH]c2=O)c(C)c1. The first-order valence-corrected chi connectivity index (χ1v) is 4.63. The first-order chi connectivity index (χ1) is 7.22. The summed E-state index contributed by atoms with van der Waals surface area (Å²) >= 11 is 0. The average Bonchev–Trinajstić information content (AvgIpc) is 2.64. The van der Waals surface area contributed by atoms with Crippen LogP contribution in [0.25, 0.3) is 5.69 Å². The molecule has 15 heavy (non-hydrogen) atoms. The van der Waals surface area contributed by atoms with Gasteiger partial charge in [0.1, 0.15) is 5.75 Å². The Hall–Kier alpha value is -1.97. The fourth-order valence-corrected chi connectivity index (χ4v) is 1.54. The van der Waals surface area contributed by atoms with Crippen molar-refractivity contribution in [3.63, 3.8) is 0 Å². The summed E-state index contributed by atoms with van der Waals surface area (Å²) in [7, 11) is 1.62. The Balaban J connectivity index is 2.55. The largest absolute Gasteiger partial charge is 0.497 e. The van der Waals surface area contributed by atoms with Crippen LogP contribution >= 0.6 is 0 Å². The average molecular weight is 204 g/mol. The molecule has 0 saturated heterocycles. The third kappa shape index (κ3) is 1.66. The van der Waals surface area contributed by atoms with Gasteiger partial charge in [-0.15, -0.1) is 0 Å². The van der Waals surface area contributed by atoms with Gasteiger partial charge in [-0.25, -0.2) is 4.79 Å². The summed E-state index contributed by atoms with van der Waals surface area (Å²) in [5, 5.41) is 0. The summed E-state index contributed by atoms with van der Waals surface area (Å²) in [5.74, 6) is 0.792. The molecule has 0 amide bonds. The predicted molar refractivity (Wildman–Crippen MR) is 57.7 cm³/mol. The molecular formula is C11H12N2O2. The Morgan fingerprint density at radius 2 is 2.20 bits per heavy atom. The summed E-state index contributed by atoms with van der Waals surface area (Å²) in [6, 6.07) is 5.60. The number of ether oxygens (including phenoxy) is 1. The van der Waals surface area contributed by atoms with Crippen LogP contribution in [-0.4, -0.2) is 16.7 Å². The number of hydrogen-bond donors (Lipinski definition) is 1. The number of aryl methyl sites for hydroxylation is 1. The Bertz CT molecular complexity index is 525. The van der Waals surface area contributed by atoms with Crippen LogP contribution in [0, 0.1) is 6.92 Å². The van der Waals surface area contributed by atoms with Crippen LogP contribution in [0.2, 0.25) is 0 Å². The van der Waals surface area contributed by atoms with E-state index >= 15 is 0 Å². The van der Waals surface area contributed by atoms with E-state index in [9.17, 15) is 4.79 Å². The number of benzene rings is 1. The molecule has 78 valence electrons. The number of methoxy groups -OCH3 is 1. The molecular weight excluding hydrogens is 192 g/mol. The van der Waals surface area contributed by atoms with Gasteiger partial charge in [0.05, 0.1) is 12.8 Å². The molecule has 0 unspecified atom stereocenters. The van der Waals surface area contributed by atoms with Gasteiger partial charge in [0.15, 0.2) is 0 Å². The minimum Gasteiger partial charge on any atom is -0.497 e. The normalized spacial score (nSPS) is 10.3. The van der Waals surface area contributed by atoms with E-state index in [0.717, 1.165) is 17.0 Å². The Kier molecular flexibility index (Phi) is 2.33. The molecule has 0 aliphatic carbocycles. The maximum absolute atomic E-state index is 11.4. The molecule has 2 aromatic rings. The van der Waals surface area contributed by atoms with Gasteiger partial charge in [-0.3, -0.25) is 4.57 Å². The van der Waals surface area contributed by atoms with E-state index in [4.69, 9.17) is 4.74 Å². The Labute approximate surface area is 87.1 Å². The van der Waals surface area contributed by atoms with Crippen LogP contribution in [0.3, 0.4) is 0 Å². The van der Waals surface area contributed by atoms with Gasteiger partial charge in [0.2, 0.25) is 0 Å². The fourth-order valence-electron chi connectivity index (χ4n) is 1.54. The van der Waals surface area contributed by atoms with Gasteiger partial charge in [0.25, 0.3) is 0 Å². The van der Waals surface area contributed by atoms with Crippen molar-refractivity contribution in [2.45, 2.75) is 6.92 Å². The highest BCUT2D eigenvalue weighted by Gasteiger charge is 2.04. The third-order valence-electron chi connectivity index (χ3n) is 2.31. The summed E-state index contributed by atoms with van der Waals surface area (Å²) in [6.07, 6.45) is 3.32. The van der Waals surface area contributed by atoms with Crippen LogP contribution < -0.4 is 10.4 Å². The summed E-state index contributed by atoms with van der Waals surface area (Å²) in [5.41, 5.74) is 1.72. The van der Waals surface area contributed by atoms with Gasteiger partial charge in [-0.2, -0.15) is 0 Å². The Morgan fingerprint density at radius 3 is 2.73 bits per heavy atom. The zero-order valence-corrected chi connectivity index (χ0v) is 8.65. The number of aromatic amines is 1. The third-order valence-corrected chi connectivity index (χ3v) is 2.31. The lowest BCUT2D eigenvalue weighted by Gasteiger charge is -2.07. The molecule has 1 heterocycles. The van der Waals surface area contributed by atoms with Crippen molar-refractivity contribution in [2.75, 3.05) is 7.11 Å². The summed E-state index contributed by atoms with van der Waals surface area (Å²) in [4.78, 5) is 14.0. The number of rotatable bonds is 2. The van der Waals surface area contributed by atoms with Crippen molar-refractivity contribution in [3.8, 4) is 11.4 Å². The van der Waals surface area contributed by atoms with Crippen LogP contribution in [0.5, 0.6) is 5.75 Å². The minimum absolute atomic E-state index is 0.136. The highest BCUT2D eigenvalue weighted by Crippen LogP contribution is 2.18. The molecule has 0 saturated carbocycles. The van der Waals surface area contributed by atoms with Crippen molar-refractivity contribution in [1.82, 2.24) is 9.55 Å². The van der Waals surface area contributed by atoms with Crippen LogP contribution in [0.1, 0.15) is 5.56 Å². The predicted octanol–water partition coefficient (Wildman–Crippen LogP) is 1.48. The summed E-state index contributed by atoms with van der Waals surface area (Å²) < 4.78 is 6.67. The summed E-state index contributed by atoms with van der Waals surface area (Å²) in [6.45, 7) is 1.94. The molecule has 0 bridgehead atoms. The molecule has 0 radical (unpaired) electrons. The second-order valence-electron chi connectivity index (χ2n) is 3.29. The molecule has 0 spiro atoms. The molecule has 4 heteroatoms. The maximum atomic E-state index is 11.4. The standard InChI is InChI=1S/C11H12N2O2/c1-8-7-9(15-2)3-4-10(8)13-6-5-12-11(13)14/h3-7H,1-2H3,(H,12,14). The molecule has 0 aliphatic heterocycles. The molecule has 2 rings (SSSR count). The molecule has 1 aromatic heterocycles. The number of H-pyrrole nitrogens is 1. The van der Waals surface area contributed by atoms with E-state index in [2.05, 4.69) is 4.98 Å². The van der Waals surface area contributed by atoms with E-state index in [1.807, 2.05) is 25.1 Å². The van der Waals surface area contributed by atoms with E-state index in [1.165, 1.54) is 0 Å². The maximum Gasteiger partial charge on any atom is 0.330 e. The van der Waals surface area contributed by atoms with Crippen LogP contribution in [0.4, 0.5) is 0 Å². The fraction of sp³-hybridized carbons (Fsp3) is 0.182. The molecule has 1 aromatic carbocycles. The lowest BCUT2D eigenvalue weighted by Crippen LogP contribution is -2.14. The van der Waals surface area contributed by atoms with Gasteiger partial charge in [-0.1, -0.05) is 0 Å². The van der Waals surface area contributed by atoms with Gasteiger partial charge < -0.3 is 9.72 Å². The number of nitrogens with zero attached hydrogens (tertiary/aromatic N) is 1. The monoisotopic (exact) mass is 204 g/mol. The van der Waals surface area contributed by atoms with Crippen molar-refractivity contribution < 1.29 is 4.74 Å². The van der Waals surface area contributed by atoms with E-state index in [0.29, 0.717) is 0 Å². The van der Waals surface area contributed by atoms with Crippen molar-refractivity contribution >= 4 is 0 Å². The van der Waals surface area contributed by atoms with Crippen LogP contribution in [0.15, 0.2) is 35.4 Å². The smallest absolute Gasteiger partial charge is 0.330 e. The first-order valence-electron chi connectivity index (χ1n) is 4.63. The highest BCUT2D eigenvalue weighted by atomic mass is 16.5. The van der Waals surface area contributed by atoms with Gasteiger partial charge in [-0.05, 0) is 30.7 Å². The molecule has 1 N–H and O–H groups in total. The number of imidazole rings is 1. The van der Waals surface area contributed by atoms with E-state index in [-0.39, 0.29) is 5.69 Å². The van der Waals surface area contributed by atoms with E-state index < -0.39 is 0 Å². The molecule has 4 nitrogen and oxygen atoms in total. The molecule has 0 aliphatic rings. The zero-order chi connectivity index (χ0) is 10.8. The Morgan fingerprint density at radius 1 is 1.40 bits per heavy atom. The minimum atomic E-state index is -0.136. The topological polar surface area (TPSA) is 47.0 Å². The van der Waals surface area contributed by atoms with Gasteiger partial charge in [0, 0.05) is 12.4 Å². The van der Waals surface area contributed by atoms with E-state index in [1.54, 1.807) is 24.1 Å². The lowest BCUT2D eigenvalue weighted by atomic mass is 10.2. The number of aromatic nitrogens is 2. The first kappa shape index (κ1) is 9.58. The van der Waals surface area contributed by atoms with Crippen molar-refractivity contribution in [1.29, 1.82) is 0 Å². The second kappa shape index (κ2) is 3.65. The zero-order valence-electron chi connectivity index (χ0n) is 8.65. The van der Waals surface area contributed by atoms with Crippen LogP contribution in [-0.2, 0) is 0 Å². The quantitative estimate of drug-likeness (QED) is 0.805. The molecule has 0 fully saturated rings. The highest BCUT2D eigenvalue weighted by molar-refractivity contribution is 5.44. The number of nitrogens with one attached hydrogen (secondary N) is 1. The molecule has 0 atom stereocenters. The van der Waals surface area contributed by atoms with Gasteiger partial charge >= 0.3 is 5.69 Å². The second-order valence-corrected chi connectivity index (χ2v) is 3.29. The number of hydrogen-bond acceptors (Lipinski definition) is 2. The van der Waals surface area contributed by atoms with Crippen molar-refractivity contribution in [2.24, 2.45) is 0 Å².